The Hall–Kier alpha value is -2.08. The summed E-state index contributed by atoms with van der Waals surface area (Å²) in [5, 5.41) is 14.2. The van der Waals surface area contributed by atoms with E-state index in [0.29, 0.717) is 6.61 Å². The van der Waals surface area contributed by atoms with Crippen molar-refractivity contribution in [3.05, 3.63) is 35.9 Å². The lowest BCUT2D eigenvalue weighted by Gasteiger charge is -2.03. The van der Waals surface area contributed by atoms with Crippen LogP contribution in [-0.2, 0) is 16.2 Å². The van der Waals surface area contributed by atoms with Crippen molar-refractivity contribution in [1.82, 2.24) is 5.48 Å². The van der Waals surface area contributed by atoms with Crippen LogP contribution in [0.4, 0.5) is 0 Å². The molecule has 0 aliphatic carbocycles. The lowest BCUT2D eigenvalue weighted by molar-refractivity contribution is -0.134. The van der Waals surface area contributed by atoms with Gasteiger partial charge in [-0.05, 0) is 5.56 Å². The van der Waals surface area contributed by atoms with Crippen LogP contribution < -0.4 is 11.2 Å². The Morgan fingerprint density at radius 3 is 2.44 bits per heavy atom. The Morgan fingerprint density at radius 2 is 2.00 bits per heavy atom. The number of nitrogens with two attached hydrogens (primary N) is 1. The molecule has 0 saturated heterocycles. The number of hydrogen-bond acceptors (Lipinski definition) is 3. The molecule has 0 bridgehead atoms. The summed E-state index contributed by atoms with van der Waals surface area (Å²) in [6, 6.07) is 9.64. The summed E-state index contributed by atoms with van der Waals surface area (Å²) in [5.74, 6) is -1.02. The Bertz CT molecular complexity index is 323. The number of rotatable bonds is 3. The number of aliphatic carboxylic acids is 1. The van der Waals surface area contributed by atoms with Crippen LogP contribution in [0.3, 0.4) is 0 Å². The zero-order chi connectivity index (χ0) is 12.4. The van der Waals surface area contributed by atoms with Crippen molar-refractivity contribution in [3.63, 3.8) is 0 Å². The Kier molecular flexibility index (Phi) is 7.17. The quantitative estimate of drug-likeness (QED) is 0.344. The SMILES string of the molecule is CC(=O)O.N=C(N)NOCc1ccccc1. The molecule has 16 heavy (non-hydrogen) atoms. The molecule has 0 radical (unpaired) electrons. The van der Waals surface area contributed by atoms with E-state index in [0.717, 1.165) is 12.5 Å². The minimum Gasteiger partial charge on any atom is -0.481 e. The molecule has 0 aliphatic heterocycles. The molecule has 0 aromatic heterocycles. The smallest absolute Gasteiger partial charge is 0.300 e. The third-order valence-electron chi connectivity index (χ3n) is 1.26. The van der Waals surface area contributed by atoms with Crippen molar-refractivity contribution in [2.45, 2.75) is 13.5 Å². The van der Waals surface area contributed by atoms with Gasteiger partial charge in [0.25, 0.3) is 5.97 Å². The molecule has 0 atom stereocenters. The molecule has 0 heterocycles. The monoisotopic (exact) mass is 225 g/mol. The number of hydrogen-bond donors (Lipinski definition) is 4. The molecule has 5 N–H and O–H groups in total. The summed E-state index contributed by atoms with van der Waals surface area (Å²) in [5.41, 5.74) is 8.29. The van der Waals surface area contributed by atoms with Gasteiger partial charge in [-0.3, -0.25) is 15.0 Å². The molecule has 1 rings (SSSR count). The molecule has 6 nitrogen and oxygen atoms in total. The molecule has 88 valence electrons. The highest BCUT2D eigenvalue weighted by molar-refractivity contribution is 5.72. The van der Waals surface area contributed by atoms with Crippen LogP contribution in [0.25, 0.3) is 0 Å². The minimum absolute atomic E-state index is 0.189. The highest BCUT2D eigenvalue weighted by atomic mass is 16.6. The standard InChI is InChI=1S/C8H11N3O.C2H4O2/c9-8(10)11-12-6-7-4-2-1-3-5-7;1-2(3)4/h1-5H,6H2,(H4,9,10,11);1H3,(H,3,4). The molecule has 0 spiro atoms. The molecule has 1 aromatic carbocycles. The van der Waals surface area contributed by atoms with E-state index in [2.05, 4.69) is 5.48 Å². The predicted octanol–water partition coefficient (Wildman–Crippen LogP) is 0.692. The van der Waals surface area contributed by atoms with E-state index in [4.69, 9.17) is 25.9 Å². The third-order valence-corrected chi connectivity index (χ3v) is 1.26. The second-order valence-electron chi connectivity index (χ2n) is 2.81. The lowest BCUT2D eigenvalue weighted by Crippen LogP contribution is -2.30. The molecule has 0 unspecified atom stereocenters. The number of guanidine groups is 1. The molecule has 6 heteroatoms. The summed E-state index contributed by atoms with van der Waals surface area (Å²) in [6.07, 6.45) is 0. The fraction of sp³-hybridized carbons (Fsp3) is 0.200. The van der Waals surface area contributed by atoms with Crippen LogP contribution in [0.2, 0.25) is 0 Å². The van der Waals surface area contributed by atoms with E-state index in [-0.39, 0.29) is 5.96 Å². The van der Waals surface area contributed by atoms with Gasteiger partial charge in [-0.1, -0.05) is 30.3 Å². The first-order chi connectivity index (χ1) is 7.52. The van der Waals surface area contributed by atoms with Crippen molar-refractivity contribution in [2.24, 2.45) is 5.73 Å². The van der Waals surface area contributed by atoms with Crippen LogP contribution in [0.15, 0.2) is 30.3 Å². The maximum absolute atomic E-state index is 9.00. The minimum atomic E-state index is -0.833. The average molecular weight is 225 g/mol. The first-order valence-corrected chi connectivity index (χ1v) is 4.47. The summed E-state index contributed by atoms with van der Waals surface area (Å²) >= 11 is 0. The number of benzene rings is 1. The van der Waals surface area contributed by atoms with Crippen LogP contribution in [0.1, 0.15) is 12.5 Å². The Labute approximate surface area is 93.5 Å². The van der Waals surface area contributed by atoms with Gasteiger partial charge in [0, 0.05) is 6.92 Å². The van der Waals surface area contributed by atoms with E-state index >= 15 is 0 Å². The normalized spacial score (nSPS) is 8.56. The van der Waals surface area contributed by atoms with Crippen LogP contribution in [0, 0.1) is 5.41 Å². The van der Waals surface area contributed by atoms with Crippen LogP contribution in [-0.4, -0.2) is 17.0 Å². The molecule has 0 saturated carbocycles. The number of carboxylic acids is 1. The first-order valence-electron chi connectivity index (χ1n) is 4.47. The maximum Gasteiger partial charge on any atom is 0.300 e. The van der Waals surface area contributed by atoms with E-state index in [1.807, 2.05) is 30.3 Å². The zero-order valence-electron chi connectivity index (χ0n) is 8.93. The van der Waals surface area contributed by atoms with Crippen molar-refractivity contribution >= 4 is 11.9 Å². The van der Waals surface area contributed by atoms with E-state index < -0.39 is 5.97 Å². The zero-order valence-corrected chi connectivity index (χ0v) is 8.93. The molecule has 0 amide bonds. The van der Waals surface area contributed by atoms with Gasteiger partial charge in [0.1, 0.15) is 0 Å². The highest BCUT2D eigenvalue weighted by Gasteiger charge is 1.90. The van der Waals surface area contributed by atoms with Crippen LogP contribution >= 0.6 is 0 Å². The fourth-order valence-corrected chi connectivity index (χ4v) is 0.771. The maximum atomic E-state index is 9.00. The third kappa shape index (κ3) is 10.0. The summed E-state index contributed by atoms with van der Waals surface area (Å²) < 4.78 is 0. The first kappa shape index (κ1) is 13.9. The van der Waals surface area contributed by atoms with Gasteiger partial charge in [0.05, 0.1) is 6.61 Å². The molecule has 0 fully saturated rings. The van der Waals surface area contributed by atoms with Gasteiger partial charge in [-0.25, -0.2) is 5.48 Å². The van der Waals surface area contributed by atoms with Gasteiger partial charge in [0.15, 0.2) is 0 Å². The topological polar surface area (TPSA) is 108 Å². The summed E-state index contributed by atoms with van der Waals surface area (Å²) in [7, 11) is 0. The van der Waals surface area contributed by atoms with Crippen LogP contribution in [0.5, 0.6) is 0 Å². The van der Waals surface area contributed by atoms with Crippen molar-refractivity contribution in [1.29, 1.82) is 5.41 Å². The van der Waals surface area contributed by atoms with Crippen molar-refractivity contribution in [3.8, 4) is 0 Å². The number of carbonyl (C=O) groups is 1. The van der Waals surface area contributed by atoms with E-state index in [1.54, 1.807) is 0 Å². The van der Waals surface area contributed by atoms with Gasteiger partial charge in [0.2, 0.25) is 5.96 Å². The fourth-order valence-electron chi connectivity index (χ4n) is 0.771. The van der Waals surface area contributed by atoms with E-state index in [9.17, 15) is 0 Å². The second kappa shape index (κ2) is 8.25. The summed E-state index contributed by atoms with van der Waals surface area (Å²) in [6.45, 7) is 1.49. The Morgan fingerprint density at radius 1 is 1.50 bits per heavy atom. The number of nitrogens with one attached hydrogen (secondary N) is 2. The highest BCUT2D eigenvalue weighted by Crippen LogP contribution is 1.98. The van der Waals surface area contributed by atoms with E-state index in [1.165, 1.54) is 0 Å². The predicted molar refractivity (Wildman–Crippen MR) is 59.6 cm³/mol. The van der Waals surface area contributed by atoms with Gasteiger partial charge in [-0.2, -0.15) is 0 Å². The van der Waals surface area contributed by atoms with Gasteiger partial charge >= 0.3 is 0 Å². The molecule has 0 aliphatic rings. The van der Waals surface area contributed by atoms with Gasteiger partial charge < -0.3 is 10.8 Å². The average Bonchev–Trinajstić information content (AvgIpc) is 2.18. The van der Waals surface area contributed by atoms with Crippen molar-refractivity contribution in [2.75, 3.05) is 0 Å². The number of hydroxylamine groups is 1. The van der Waals surface area contributed by atoms with Gasteiger partial charge in [-0.15, -0.1) is 0 Å². The Balaban J connectivity index is 0.000000487. The lowest BCUT2D eigenvalue weighted by atomic mass is 10.2. The second-order valence-corrected chi connectivity index (χ2v) is 2.81. The molecular weight excluding hydrogens is 210 g/mol. The largest absolute Gasteiger partial charge is 0.481 e. The van der Waals surface area contributed by atoms with Crippen molar-refractivity contribution < 1.29 is 14.7 Å². The number of carboxylic acid groups (broad SMARTS) is 1. The summed E-state index contributed by atoms with van der Waals surface area (Å²) in [4.78, 5) is 13.9. The molecule has 1 aromatic rings. The molecular formula is C10H15N3O3.